The van der Waals surface area contributed by atoms with Crippen LogP contribution in [0.5, 0.6) is 0 Å². The maximum absolute atomic E-state index is 14.6. The molecule has 14 rings (SSSR count). The summed E-state index contributed by atoms with van der Waals surface area (Å²) in [4.78, 5) is 14.7. The lowest BCUT2D eigenvalue weighted by Crippen LogP contribution is -2.60. The Bertz CT molecular complexity index is 1320. The number of hydrogen-bond donors (Lipinski definition) is 0. The van der Waals surface area contributed by atoms with Crippen molar-refractivity contribution in [2.75, 3.05) is 0 Å². The zero-order valence-electron chi connectivity index (χ0n) is 23.6. The van der Waals surface area contributed by atoms with Gasteiger partial charge in [-0.25, -0.2) is 0 Å². The van der Waals surface area contributed by atoms with E-state index in [2.05, 4.69) is 42.5 Å². The van der Waals surface area contributed by atoms with Crippen molar-refractivity contribution in [2.45, 2.75) is 105 Å². The van der Waals surface area contributed by atoms with Crippen molar-refractivity contribution >= 4 is 21.9 Å². The van der Waals surface area contributed by atoms with Crippen molar-refractivity contribution in [1.29, 1.82) is 0 Å². The summed E-state index contributed by atoms with van der Waals surface area (Å²) in [5.74, 6) is 7.32. The number of carbonyl (C=O) groups is 1. The fourth-order valence-corrected chi connectivity index (χ4v) is 23.5. The quantitative estimate of drug-likeness (QED) is 0.245. The molecule has 0 aromatic rings. The molecular weight excluding hydrogens is 526 g/mol. The highest BCUT2D eigenvalue weighted by Gasteiger charge is 2.77. The molecule has 40 heavy (non-hydrogen) atoms. The number of ketones is 1. The second-order valence-corrected chi connectivity index (χ2v) is 21.5. The van der Waals surface area contributed by atoms with E-state index < -0.39 is 16.1 Å². The normalized spacial score (nSPS) is 58.8. The van der Waals surface area contributed by atoms with Gasteiger partial charge in [-0.15, -0.1) is 0 Å². The fraction of sp³-hybridized carbons (Fsp3) is 0.694. The minimum Gasteiger partial charge on any atom is -0.471 e. The maximum atomic E-state index is 14.6. The molecule has 0 aromatic carbocycles. The lowest BCUT2D eigenvalue weighted by atomic mass is 9.47. The molecule has 0 aromatic heterocycles. The van der Waals surface area contributed by atoms with Crippen molar-refractivity contribution in [3.63, 3.8) is 0 Å². The standard InChI is InChI=1S/C36H42O2P2/c37-33-31-7-6-30-28(34-15-21-8-22(16-34)10-23(9-21)17-34)14-32(33)40-36(39(30)31,27-4-2-1-3-5-29(27)38-40)35-18-24-11-25(19-35)13-26(12-24)20-35/h2-7,14,21-26,30-32H,1,8-13,15-20H2/t21?,22?,23?,24?,25?,26?,30-,31+,32-,34?,35?,36+,39?,40?/m0/s1. The van der Waals surface area contributed by atoms with Crippen molar-refractivity contribution < 1.29 is 9.32 Å². The monoisotopic (exact) mass is 568 g/mol. The third-order valence-corrected chi connectivity index (χ3v) is 21.8. The third kappa shape index (κ3) is 2.64. The van der Waals surface area contributed by atoms with Crippen LogP contribution in [0.3, 0.4) is 0 Å². The van der Waals surface area contributed by atoms with Gasteiger partial charge in [-0.05, 0) is 136 Å². The number of allylic oxidation sites excluding steroid dienone is 9. The predicted octanol–water partition coefficient (Wildman–Crippen LogP) is 8.99. The first-order valence-corrected chi connectivity index (χ1v) is 19.6. The third-order valence-electron chi connectivity index (χ3n) is 14.4. The zero-order chi connectivity index (χ0) is 26.0. The number of carbonyl (C=O) groups excluding carboxylic acids is 1. The Hall–Kier alpha value is -0.970. The zero-order valence-corrected chi connectivity index (χ0v) is 25.4. The molecule has 5 aliphatic heterocycles. The van der Waals surface area contributed by atoms with E-state index in [1.807, 2.05) is 0 Å². The summed E-state index contributed by atoms with van der Waals surface area (Å²) >= 11 is 0. The summed E-state index contributed by atoms with van der Waals surface area (Å²) in [5, 5.41) is 0. The molecule has 1 saturated heterocycles. The first-order valence-electron chi connectivity index (χ1n) is 16.8. The van der Waals surface area contributed by atoms with Gasteiger partial charge in [0, 0.05) is 11.2 Å². The second-order valence-electron chi connectivity index (χ2n) is 16.5. The highest BCUT2D eigenvalue weighted by Crippen LogP contribution is 2.93. The van der Waals surface area contributed by atoms with E-state index in [4.69, 9.17) is 4.52 Å². The fourth-order valence-electron chi connectivity index (χ4n) is 14.2. The molecule has 14 aliphatic rings. The van der Waals surface area contributed by atoms with Crippen LogP contribution in [0.1, 0.15) is 83.5 Å². The van der Waals surface area contributed by atoms with Gasteiger partial charge in [0.25, 0.3) is 0 Å². The first kappa shape index (κ1) is 23.5. The second kappa shape index (κ2) is 7.56. The topological polar surface area (TPSA) is 26.3 Å². The van der Waals surface area contributed by atoms with Crippen LogP contribution in [-0.4, -0.2) is 27.7 Å². The summed E-state index contributed by atoms with van der Waals surface area (Å²) in [6.07, 6.45) is 35.9. The number of hydrogen-bond acceptors (Lipinski definition) is 2. The molecule has 5 heterocycles. The van der Waals surface area contributed by atoms with Gasteiger partial charge in [0.05, 0.1) is 16.2 Å². The van der Waals surface area contributed by atoms with Crippen LogP contribution in [0.2, 0.25) is 0 Å². The molecule has 2 nitrogen and oxygen atoms in total. The molecule has 9 fully saturated rings. The van der Waals surface area contributed by atoms with E-state index in [0.29, 0.717) is 22.3 Å². The van der Waals surface area contributed by atoms with E-state index >= 15 is 0 Å². The molecular formula is C36H42O2P2. The van der Waals surface area contributed by atoms with Crippen LogP contribution in [0, 0.1) is 46.3 Å². The molecule has 12 bridgehead atoms. The van der Waals surface area contributed by atoms with Crippen LogP contribution >= 0.6 is 16.1 Å². The highest BCUT2D eigenvalue weighted by molar-refractivity contribution is 7.80. The Labute approximate surface area is 241 Å². The highest BCUT2D eigenvalue weighted by atomic mass is 31.2. The maximum Gasteiger partial charge on any atom is 0.158 e. The molecule has 8 saturated carbocycles. The molecule has 0 N–H and O–H groups in total. The van der Waals surface area contributed by atoms with Crippen LogP contribution in [0.4, 0.5) is 0 Å². The van der Waals surface area contributed by atoms with Crippen LogP contribution in [0.25, 0.3) is 0 Å². The molecule has 6 atom stereocenters. The molecule has 0 amide bonds. The molecule has 0 spiro atoms. The Morgan fingerprint density at radius 1 is 0.700 bits per heavy atom. The van der Waals surface area contributed by atoms with E-state index in [1.165, 1.54) is 82.8 Å². The predicted molar refractivity (Wildman–Crippen MR) is 162 cm³/mol. The van der Waals surface area contributed by atoms with Crippen LogP contribution in [-0.2, 0) is 9.32 Å². The van der Waals surface area contributed by atoms with Crippen molar-refractivity contribution in [1.82, 2.24) is 0 Å². The Balaban J connectivity index is 1.15. The molecule has 4 heteroatoms. The van der Waals surface area contributed by atoms with Crippen LogP contribution < -0.4 is 0 Å². The minimum absolute atomic E-state index is 0.0124. The Morgan fingerprint density at radius 3 is 1.93 bits per heavy atom. The molecule has 208 valence electrons. The van der Waals surface area contributed by atoms with Gasteiger partial charge >= 0.3 is 0 Å². The average Bonchev–Trinajstić information content (AvgIpc) is 3.30. The van der Waals surface area contributed by atoms with Gasteiger partial charge in [-0.1, -0.05) is 50.0 Å². The number of rotatable bonds is 2. The SMILES string of the molecule is O=C1[C@H]2C=C[C@H]3C(C45CC6CC(CC(C6)C4)C5)=C[C@@H]1P1OC4=C(C=CCC=C4)[C@@]1(C14CC5CC(CC(C5)C1)C4)P23. The molecule has 9 aliphatic carbocycles. The smallest absolute Gasteiger partial charge is 0.158 e. The summed E-state index contributed by atoms with van der Waals surface area (Å²) in [5.41, 5.74) is 4.79. The average molecular weight is 569 g/mol. The van der Waals surface area contributed by atoms with Crippen LogP contribution in [0.15, 0.2) is 59.4 Å². The van der Waals surface area contributed by atoms with Gasteiger partial charge in [0.15, 0.2) is 5.78 Å². The van der Waals surface area contributed by atoms with Gasteiger partial charge in [0.2, 0.25) is 0 Å². The lowest BCUT2D eigenvalue weighted by Gasteiger charge is -2.67. The summed E-state index contributed by atoms with van der Waals surface area (Å²) in [6, 6.07) is 0. The van der Waals surface area contributed by atoms with Gasteiger partial charge < -0.3 is 4.52 Å². The lowest BCUT2D eigenvalue weighted by molar-refractivity contribution is -0.117. The van der Waals surface area contributed by atoms with E-state index in [0.717, 1.165) is 41.9 Å². The van der Waals surface area contributed by atoms with E-state index in [-0.39, 0.29) is 16.2 Å². The molecule has 0 radical (unpaired) electrons. The molecule has 2 unspecified atom stereocenters. The van der Waals surface area contributed by atoms with Crippen molar-refractivity contribution in [2.24, 2.45) is 46.3 Å². The largest absolute Gasteiger partial charge is 0.471 e. The summed E-state index contributed by atoms with van der Waals surface area (Å²) in [6.45, 7) is 0. The van der Waals surface area contributed by atoms with Gasteiger partial charge in [0.1, 0.15) is 13.9 Å². The van der Waals surface area contributed by atoms with Crippen molar-refractivity contribution in [3.05, 3.63) is 59.4 Å². The summed E-state index contributed by atoms with van der Waals surface area (Å²) in [7, 11) is -1.48. The van der Waals surface area contributed by atoms with E-state index in [9.17, 15) is 4.79 Å². The Kier molecular flexibility index (Phi) is 4.44. The minimum atomic E-state index is -0.902. The Morgan fingerprint density at radius 2 is 1.27 bits per heavy atom. The van der Waals surface area contributed by atoms with E-state index in [1.54, 1.807) is 11.1 Å². The summed E-state index contributed by atoms with van der Waals surface area (Å²) < 4.78 is 7.35. The van der Waals surface area contributed by atoms with Gasteiger partial charge in [-0.3, -0.25) is 4.79 Å². The number of Topliss-reactive ketones (excluding diaryl/α,β-unsaturated/α-hetero) is 1. The van der Waals surface area contributed by atoms with Crippen molar-refractivity contribution in [3.8, 4) is 0 Å². The van der Waals surface area contributed by atoms with Gasteiger partial charge in [-0.2, -0.15) is 0 Å². The first-order chi connectivity index (χ1) is 19.6.